The minimum Gasteiger partial charge on any atom is -0.462 e. The molecule has 65 heavy (non-hydrogen) atoms. The summed E-state index contributed by atoms with van der Waals surface area (Å²) in [4.78, 5) is 37.9. The van der Waals surface area contributed by atoms with Crippen molar-refractivity contribution in [3.05, 3.63) is 134 Å². The molecule has 364 valence electrons. The van der Waals surface area contributed by atoms with Crippen LogP contribution in [-0.4, -0.2) is 37.2 Å². The Balaban J connectivity index is 4.60. The van der Waals surface area contributed by atoms with Gasteiger partial charge >= 0.3 is 17.9 Å². The number of hydrogen-bond donors (Lipinski definition) is 0. The van der Waals surface area contributed by atoms with E-state index in [1.165, 1.54) is 70.6 Å². The molecule has 6 nitrogen and oxygen atoms in total. The van der Waals surface area contributed by atoms with Gasteiger partial charge in [-0.1, -0.05) is 231 Å². The standard InChI is InChI=1S/C59H92O6/c1-4-7-10-13-16-19-22-25-27-28-29-30-32-34-37-40-43-46-49-52-58(61)64-55-56(54-63-57(60)51-48-45-42-39-36-33-24-21-18-15-12-9-6-3)65-59(62)53-50-47-44-41-38-35-31-26-23-20-17-14-11-8-5-2/h7,10,13,16-17,19-20,22-23,25-30,32-34,36-37,42,45,56H,4-6,8-9,11-12,14-15,18,21,24,31,35,38-41,43-44,46-55H2,1-3H3/b10-7-,16-13-,20-17-,22-19-,26-23-,27-25-,29-28+,32-30-,36-33-,37-34-,45-42-. The van der Waals surface area contributed by atoms with Gasteiger partial charge < -0.3 is 14.2 Å². The number of ether oxygens (including phenoxy) is 3. The van der Waals surface area contributed by atoms with E-state index in [9.17, 15) is 14.4 Å². The molecular formula is C59H92O6. The molecule has 0 saturated heterocycles. The Bertz CT molecular complexity index is 1450. The van der Waals surface area contributed by atoms with Crippen molar-refractivity contribution >= 4 is 17.9 Å². The molecule has 0 rings (SSSR count). The quantitative estimate of drug-likeness (QED) is 0.0199. The van der Waals surface area contributed by atoms with E-state index in [0.717, 1.165) is 77.0 Å². The molecule has 0 aliphatic heterocycles. The predicted octanol–water partition coefficient (Wildman–Crippen LogP) is 17.1. The Kier molecular flexibility index (Phi) is 48.6. The zero-order chi connectivity index (χ0) is 47.2. The second kappa shape index (κ2) is 52.2. The van der Waals surface area contributed by atoms with Crippen LogP contribution in [0.15, 0.2) is 134 Å². The van der Waals surface area contributed by atoms with Crippen LogP contribution in [0.25, 0.3) is 0 Å². The van der Waals surface area contributed by atoms with E-state index >= 15 is 0 Å². The molecule has 0 fully saturated rings. The Morgan fingerprint density at radius 3 is 1.22 bits per heavy atom. The summed E-state index contributed by atoms with van der Waals surface area (Å²) in [5, 5.41) is 0. The lowest BCUT2D eigenvalue weighted by atomic mass is 10.1. The summed E-state index contributed by atoms with van der Waals surface area (Å²) in [5.74, 6) is -1.06. The highest BCUT2D eigenvalue weighted by Crippen LogP contribution is 2.12. The van der Waals surface area contributed by atoms with E-state index in [1.54, 1.807) is 0 Å². The summed E-state index contributed by atoms with van der Waals surface area (Å²) in [6, 6.07) is 0. The molecule has 0 saturated carbocycles. The third-order valence-corrected chi connectivity index (χ3v) is 10.3. The van der Waals surface area contributed by atoms with Crippen LogP contribution in [0.5, 0.6) is 0 Å². The summed E-state index contributed by atoms with van der Waals surface area (Å²) >= 11 is 0. The molecule has 0 amide bonds. The molecule has 0 aromatic carbocycles. The Labute approximate surface area is 398 Å². The van der Waals surface area contributed by atoms with Crippen LogP contribution in [0.1, 0.15) is 201 Å². The van der Waals surface area contributed by atoms with Crippen LogP contribution in [0, 0.1) is 0 Å². The highest BCUT2D eigenvalue weighted by atomic mass is 16.6. The topological polar surface area (TPSA) is 78.9 Å². The van der Waals surface area contributed by atoms with Crippen LogP contribution in [0.2, 0.25) is 0 Å². The van der Waals surface area contributed by atoms with E-state index in [2.05, 4.69) is 75.5 Å². The van der Waals surface area contributed by atoms with E-state index in [-0.39, 0.29) is 50.4 Å². The molecule has 6 heteroatoms. The number of hydrogen-bond acceptors (Lipinski definition) is 6. The van der Waals surface area contributed by atoms with Gasteiger partial charge in [-0.3, -0.25) is 14.4 Å². The number of carbonyl (C=O) groups is 3. The minimum atomic E-state index is -0.830. The normalized spacial score (nSPS) is 13.2. The van der Waals surface area contributed by atoms with Gasteiger partial charge in [0, 0.05) is 19.3 Å². The third-order valence-electron chi connectivity index (χ3n) is 10.3. The minimum absolute atomic E-state index is 0.129. The maximum absolute atomic E-state index is 12.8. The van der Waals surface area contributed by atoms with Crippen molar-refractivity contribution in [2.24, 2.45) is 0 Å². The second-order valence-electron chi connectivity index (χ2n) is 16.6. The van der Waals surface area contributed by atoms with Gasteiger partial charge in [0.15, 0.2) is 6.10 Å². The molecule has 0 heterocycles. The molecule has 0 bridgehead atoms. The van der Waals surface area contributed by atoms with Crippen molar-refractivity contribution < 1.29 is 28.6 Å². The smallest absolute Gasteiger partial charge is 0.306 e. The van der Waals surface area contributed by atoms with Crippen molar-refractivity contribution in [3.63, 3.8) is 0 Å². The van der Waals surface area contributed by atoms with Gasteiger partial charge in [-0.25, -0.2) is 0 Å². The average Bonchev–Trinajstić information content (AvgIpc) is 3.30. The molecule has 0 aromatic rings. The fourth-order valence-corrected chi connectivity index (χ4v) is 6.47. The van der Waals surface area contributed by atoms with Crippen molar-refractivity contribution in [1.29, 1.82) is 0 Å². The molecule has 1 unspecified atom stereocenters. The first-order chi connectivity index (χ1) is 32.0. The monoisotopic (exact) mass is 897 g/mol. The first-order valence-electron chi connectivity index (χ1n) is 25.8. The van der Waals surface area contributed by atoms with E-state index in [4.69, 9.17) is 14.2 Å². The van der Waals surface area contributed by atoms with Crippen molar-refractivity contribution in [2.45, 2.75) is 207 Å². The van der Waals surface area contributed by atoms with Crippen LogP contribution in [0.4, 0.5) is 0 Å². The van der Waals surface area contributed by atoms with Crippen molar-refractivity contribution in [2.75, 3.05) is 13.2 Å². The average molecular weight is 897 g/mol. The lowest BCUT2D eigenvalue weighted by Crippen LogP contribution is -2.30. The first-order valence-corrected chi connectivity index (χ1v) is 25.8. The fraction of sp³-hybridized carbons (Fsp3) is 0.576. The zero-order valence-corrected chi connectivity index (χ0v) is 41.4. The van der Waals surface area contributed by atoms with Crippen LogP contribution >= 0.6 is 0 Å². The summed E-state index contributed by atoms with van der Waals surface area (Å²) in [6.45, 7) is 6.33. The maximum atomic E-state index is 12.8. The van der Waals surface area contributed by atoms with Crippen molar-refractivity contribution in [1.82, 2.24) is 0 Å². The molecule has 0 spiro atoms. The number of rotatable bonds is 44. The zero-order valence-electron chi connectivity index (χ0n) is 41.4. The summed E-state index contributed by atoms with van der Waals surface area (Å²) in [6.07, 6.45) is 72.9. The highest BCUT2D eigenvalue weighted by Gasteiger charge is 2.19. The fourth-order valence-electron chi connectivity index (χ4n) is 6.47. The summed E-state index contributed by atoms with van der Waals surface area (Å²) in [7, 11) is 0. The van der Waals surface area contributed by atoms with Gasteiger partial charge in [-0.05, 0) is 83.5 Å². The van der Waals surface area contributed by atoms with Crippen LogP contribution in [0.3, 0.4) is 0 Å². The third kappa shape index (κ3) is 50.4. The summed E-state index contributed by atoms with van der Waals surface area (Å²) in [5.41, 5.74) is 0. The Morgan fingerprint density at radius 1 is 0.338 bits per heavy atom. The second-order valence-corrected chi connectivity index (χ2v) is 16.6. The van der Waals surface area contributed by atoms with Crippen molar-refractivity contribution in [3.8, 4) is 0 Å². The molecule has 0 radical (unpaired) electrons. The van der Waals surface area contributed by atoms with E-state index in [0.29, 0.717) is 12.8 Å². The van der Waals surface area contributed by atoms with Gasteiger partial charge in [0.05, 0.1) is 0 Å². The van der Waals surface area contributed by atoms with Gasteiger partial charge in [0.2, 0.25) is 0 Å². The summed E-state index contributed by atoms with van der Waals surface area (Å²) < 4.78 is 16.7. The van der Waals surface area contributed by atoms with Crippen LogP contribution in [-0.2, 0) is 28.6 Å². The van der Waals surface area contributed by atoms with E-state index < -0.39 is 6.10 Å². The lowest BCUT2D eigenvalue weighted by molar-refractivity contribution is -0.166. The lowest BCUT2D eigenvalue weighted by Gasteiger charge is -2.18. The first kappa shape index (κ1) is 60.5. The number of esters is 3. The molecule has 0 aromatic heterocycles. The van der Waals surface area contributed by atoms with E-state index in [1.807, 2.05) is 79.0 Å². The Morgan fingerprint density at radius 2 is 0.692 bits per heavy atom. The molecule has 0 N–H and O–H groups in total. The molecular weight excluding hydrogens is 805 g/mol. The van der Waals surface area contributed by atoms with Gasteiger partial charge in [-0.2, -0.15) is 0 Å². The maximum Gasteiger partial charge on any atom is 0.306 e. The van der Waals surface area contributed by atoms with Gasteiger partial charge in [0.1, 0.15) is 13.2 Å². The van der Waals surface area contributed by atoms with Crippen LogP contribution < -0.4 is 0 Å². The Hall–Kier alpha value is -4.45. The van der Waals surface area contributed by atoms with Gasteiger partial charge in [-0.15, -0.1) is 0 Å². The number of allylic oxidation sites excluding steroid dienone is 22. The largest absolute Gasteiger partial charge is 0.462 e. The predicted molar refractivity (Wildman–Crippen MR) is 279 cm³/mol. The number of carbonyl (C=O) groups excluding carboxylic acids is 3. The van der Waals surface area contributed by atoms with Gasteiger partial charge in [0.25, 0.3) is 0 Å². The highest BCUT2D eigenvalue weighted by molar-refractivity contribution is 5.71. The molecule has 1 atom stereocenters. The SMILES string of the molecule is CC\C=C/C=C\C=C/C=C\C=C\C=C/C=C\CCCCCC(=O)OCC(COC(=O)CC/C=C\C/C=C\CCCCCCCC)OC(=O)CCCCCCCC/C=C\C=C/CCCCC. The number of unbranched alkanes of at least 4 members (excludes halogenated alkanes) is 18. The molecule has 0 aliphatic carbocycles. The molecule has 0 aliphatic rings.